The lowest BCUT2D eigenvalue weighted by atomic mass is 10.4. The van der Waals surface area contributed by atoms with Crippen LogP contribution in [0.2, 0.25) is 0 Å². The Balaban J connectivity index is 2.77. The molecular weight excluding hydrogens is 210 g/mol. The van der Waals surface area contributed by atoms with E-state index in [4.69, 9.17) is 10.5 Å². The standard InChI is InChI=1S/C9H19N5O2/c1-5-7(15)16-9(10)12-6(2)11-8(13-9)14(3)4/h6,12H,5,10H2,1-4H3,(H,11,13)/t6-,9?/m0/s1. The second kappa shape index (κ2) is 4.67. The maximum Gasteiger partial charge on any atom is 0.309 e. The minimum atomic E-state index is -1.39. The zero-order valence-electron chi connectivity index (χ0n) is 10.1. The van der Waals surface area contributed by atoms with Crippen LogP contribution in [0, 0.1) is 0 Å². The van der Waals surface area contributed by atoms with Crippen molar-refractivity contribution in [1.82, 2.24) is 15.5 Å². The molecule has 7 heteroatoms. The number of carbonyl (C=O) groups is 1. The van der Waals surface area contributed by atoms with Gasteiger partial charge in [0.15, 0.2) is 5.96 Å². The summed E-state index contributed by atoms with van der Waals surface area (Å²) < 4.78 is 5.09. The molecular formula is C9H19N5O2. The van der Waals surface area contributed by atoms with Gasteiger partial charge < -0.3 is 9.64 Å². The van der Waals surface area contributed by atoms with E-state index < -0.39 is 5.97 Å². The predicted molar refractivity (Wildman–Crippen MR) is 60.2 cm³/mol. The number of nitrogens with zero attached hydrogens (tertiary/aromatic N) is 2. The Morgan fingerprint density at radius 2 is 2.31 bits per heavy atom. The van der Waals surface area contributed by atoms with Crippen LogP contribution < -0.4 is 16.4 Å². The van der Waals surface area contributed by atoms with E-state index in [0.29, 0.717) is 5.96 Å². The number of carbonyl (C=O) groups excluding carboxylic acids is 1. The summed E-state index contributed by atoms with van der Waals surface area (Å²) in [5.41, 5.74) is 5.88. The van der Waals surface area contributed by atoms with E-state index in [9.17, 15) is 4.79 Å². The van der Waals surface area contributed by atoms with Gasteiger partial charge in [-0.05, 0) is 6.92 Å². The number of guanidine groups is 1. The first kappa shape index (κ1) is 12.7. The molecule has 0 bridgehead atoms. The molecule has 16 heavy (non-hydrogen) atoms. The third-order valence-corrected chi connectivity index (χ3v) is 2.02. The van der Waals surface area contributed by atoms with Crippen molar-refractivity contribution < 1.29 is 9.53 Å². The summed E-state index contributed by atoms with van der Waals surface area (Å²) in [6.45, 7) is 3.53. The lowest BCUT2D eigenvalue weighted by Gasteiger charge is -2.38. The van der Waals surface area contributed by atoms with E-state index in [1.807, 2.05) is 21.0 Å². The highest BCUT2D eigenvalue weighted by Gasteiger charge is 2.35. The van der Waals surface area contributed by atoms with E-state index in [1.165, 1.54) is 0 Å². The molecule has 0 saturated carbocycles. The summed E-state index contributed by atoms with van der Waals surface area (Å²) in [6.07, 6.45) is 0.0406. The van der Waals surface area contributed by atoms with Crippen LogP contribution in [-0.4, -0.2) is 43.1 Å². The fourth-order valence-electron chi connectivity index (χ4n) is 1.29. The molecule has 1 heterocycles. The fourth-order valence-corrected chi connectivity index (χ4v) is 1.29. The quantitative estimate of drug-likeness (QED) is 0.414. The van der Waals surface area contributed by atoms with Crippen LogP contribution in [0.3, 0.4) is 0 Å². The van der Waals surface area contributed by atoms with Gasteiger partial charge >= 0.3 is 11.9 Å². The van der Waals surface area contributed by atoms with E-state index in [2.05, 4.69) is 15.6 Å². The molecule has 2 atom stereocenters. The molecule has 0 aromatic carbocycles. The third kappa shape index (κ3) is 3.07. The molecule has 0 saturated heterocycles. The normalized spacial score (nSPS) is 29.1. The fraction of sp³-hybridized carbons (Fsp3) is 0.778. The van der Waals surface area contributed by atoms with Crippen LogP contribution in [0.15, 0.2) is 4.99 Å². The molecule has 0 aliphatic carbocycles. The van der Waals surface area contributed by atoms with Crippen LogP contribution in [0.25, 0.3) is 0 Å². The van der Waals surface area contributed by atoms with E-state index in [0.717, 1.165) is 0 Å². The van der Waals surface area contributed by atoms with Crippen LogP contribution >= 0.6 is 0 Å². The molecule has 0 aromatic heterocycles. The zero-order valence-corrected chi connectivity index (χ0v) is 10.1. The van der Waals surface area contributed by atoms with Crippen molar-refractivity contribution in [1.29, 1.82) is 0 Å². The molecule has 0 radical (unpaired) electrons. The first-order valence-electron chi connectivity index (χ1n) is 5.18. The van der Waals surface area contributed by atoms with Crippen LogP contribution in [0.4, 0.5) is 0 Å². The van der Waals surface area contributed by atoms with Gasteiger partial charge in [0, 0.05) is 20.5 Å². The topological polar surface area (TPSA) is 92.0 Å². The van der Waals surface area contributed by atoms with Gasteiger partial charge in [0.25, 0.3) is 0 Å². The van der Waals surface area contributed by atoms with Gasteiger partial charge in [-0.15, -0.1) is 0 Å². The number of hydrogen-bond acceptors (Lipinski definition) is 7. The Labute approximate surface area is 95.0 Å². The molecule has 1 unspecified atom stereocenters. The number of nitrogens with two attached hydrogens (primary N) is 1. The Hall–Kier alpha value is -1.34. The number of rotatable bonds is 2. The molecule has 1 rings (SSSR count). The lowest BCUT2D eigenvalue weighted by molar-refractivity contribution is -0.167. The van der Waals surface area contributed by atoms with Crippen molar-refractivity contribution in [2.24, 2.45) is 10.7 Å². The van der Waals surface area contributed by atoms with Crippen LogP contribution in [0.5, 0.6) is 0 Å². The predicted octanol–water partition coefficient (Wildman–Crippen LogP) is -1.03. The third-order valence-electron chi connectivity index (χ3n) is 2.02. The minimum absolute atomic E-state index is 0.228. The first-order valence-corrected chi connectivity index (χ1v) is 5.18. The van der Waals surface area contributed by atoms with Crippen molar-refractivity contribution in [2.45, 2.75) is 32.4 Å². The smallest absolute Gasteiger partial charge is 0.309 e. The maximum absolute atomic E-state index is 11.2. The monoisotopic (exact) mass is 229 g/mol. The number of nitrogens with one attached hydrogen (secondary N) is 2. The SMILES string of the molecule is CCC(=O)OC1(N)NC(N(C)C)=N[C@H](C)N1. The largest absolute Gasteiger partial charge is 0.411 e. The second-order valence-electron chi connectivity index (χ2n) is 3.86. The molecule has 1 aliphatic heterocycles. The number of esters is 1. The highest BCUT2D eigenvalue weighted by molar-refractivity contribution is 5.81. The minimum Gasteiger partial charge on any atom is -0.411 e. The summed E-state index contributed by atoms with van der Waals surface area (Å²) >= 11 is 0. The maximum atomic E-state index is 11.2. The number of ether oxygens (including phenoxy) is 1. The van der Waals surface area contributed by atoms with Crippen molar-refractivity contribution >= 4 is 11.9 Å². The molecule has 0 spiro atoms. The van der Waals surface area contributed by atoms with E-state index in [-0.39, 0.29) is 18.6 Å². The van der Waals surface area contributed by atoms with Gasteiger partial charge in [0.05, 0.1) is 0 Å². The second-order valence-corrected chi connectivity index (χ2v) is 3.86. The highest BCUT2D eigenvalue weighted by Crippen LogP contribution is 2.06. The van der Waals surface area contributed by atoms with Gasteiger partial charge in [-0.25, -0.2) is 10.3 Å². The van der Waals surface area contributed by atoms with Crippen LogP contribution in [0.1, 0.15) is 20.3 Å². The molecule has 7 nitrogen and oxygen atoms in total. The van der Waals surface area contributed by atoms with Crippen LogP contribution in [-0.2, 0) is 9.53 Å². The molecule has 0 aromatic rings. The molecule has 4 N–H and O–H groups in total. The summed E-state index contributed by atoms with van der Waals surface area (Å²) in [5.74, 6) is -1.21. The Morgan fingerprint density at radius 1 is 1.69 bits per heavy atom. The van der Waals surface area contributed by atoms with E-state index in [1.54, 1.807) is 11.8 Å². The van der Waals surface area contributed by atoms with Gasteiger partial charge in [-0.1, -0.05) is 6.92 Å². The molecule has 0 fully saturated rings. The highest BCUT2D eigenvalue weighted by atomic mass is 16.6. The van der Waals surface area contributed by atoms with Gasteiger partial charge in [-0.3, -0.25) is 15.8 Å². The molecule has 1 aliphatic rings. The Kier molecular flexibility index (Phi) is 3.71. The molecule has 92 valence electrons. The summed E-state index contributed by atoms with van der Waals surface area (Å²) in [6, 6.07) is 0. The Morgan fingerprint density at radius 3 is 2.81 bits per heavy atom. The van der Waals surface area contributed by atoms with Gasteiger partial charge in [-0.2, -0.15) is 0 Å². The Bertz CT molecular complexity index is 304. The average molecular weight is 229 g/mol. The van der Waals surface area contributed by atoms with Crippen molar-refractivity contribution in [3.05, 3.63) is 0 Å². The van der Waals surface area contributed by atoms with Crippen molar-refractivity contribution in [3.8, 4) is 0 Å². The first-order chi connectivity index (χ1) is 7.36. The van der Waals surface area contributed by atoms with Gasteiger partial charge in [0.2, 0.25) is 0 Å². The van der Waals surface area contributed by atoms with E-state index >= 15 is 0 Å². The average Bonchev–Trinajstić information content (AvgIpc) is 2.15. The lowest BCUT2D eigenvalue weighted by Crippen LogP contribution is -2.73. The van der Waals surface area contributed by atoms with Gasteiger partial charge in [0.1, 0.15) is 6.17 Å². The van der Waals surface area contributed by atoms with Crippen molar-refractivity contribution in [2.75, 3.05) is 14.1 Å². The molecule has 0 amide bonds. The summed E-state index contributed by atoms with van der Waals surface area (Å²) in [7, 11) is 3.65. The number of aliphatic imine (C=N–C) groups is 1. The summed E-state index contributed by atoms with van der Waals surface area (Å²) in [4.78, 5) is 17.3. The van der Waals surface area contributed by atoms with Crippen molar-refractivity contribution in [3.63, 3.8) is 0 Å². The number of hydrogen-bond donors (Lipinski definition) is 3. The zero-order chi connectivity index (χ0) is 12.3. The summed E-state index contributed by atoms with van der Waals surface area (Å²) in [5, 5.41) is 5.68.